The number of carbonyl (C=O) groups is 1. The molecule has 23 heavy (non-hydrogen) atoms. The zero-order valence-corrected chi connectivity index (χ0v) is 13.3. The van der Waals surface area contributed by atoms with Gasteiger partial charge in [0.05, 0.1) is 12.8 Å². The first-order valence-corrected chi connectivity index (χ1v) is 7.40. The number of amides is 1. The standard InChI is InChI=1S/C18H20N2O3/c1-3-17(14-9-11-15(22-2)12-10-14)19-20-18(21)13-23-16-7-5-4-6-8-16/h4-12H,3,13H2,1-2H3,(H,20,21). The van der Waals surface area contributed by atoms with E-state index in [2.05, 4.69) is 10.5 Å². The Morgan fingerprint density at radius 3 is 2.35 bits per heavy atom. The van der Waals surface area contributed by atoms with Crippen LogP contribution in [-0.2, 0) is 4.79 Å². The predicted molar refractivity (Wildman–Crippen MR) is 89.9 cm³/mol. The molecule has 0 saturated heterocycles. The minimum Gasteiger partial charge on any atom is -0.497 e. The summed E-state index contributed by atoms with van der Waals surface area (Å²) in [4.78, 5) is 11.8. The van der Waals surface area contributed by atoms with Crippen molar-refractivity contribution in [3.8, 4) is 11.5 Å². The Hall–Kier alpha value is -2.82. The smallest absolute Gasteiger partial charge is 0.277 e. The average molecular weight is 312 g/mol. The fourth-order valence-corrected chi connectivity index (χ4v) is 1.96. The largest absolute Gasteiger partial charge is 0.497 e. The van der Waals surface area contributed by atoms with Gasteiger partial charge in [-0.25, -0.2) is 5.43 Å². The fourth-order valence-electron chi connectivity index (χ4n) is 1.96. The van der Waals surface area contributed by atoms with Gasteiger partial charge in [-0.3, -0.25) is 4.79 Å². The van der Waals surface area contributed by atoms with Gasteiger partial charge in [-0.05, 0) is 48.4 Å². The average Bonchev–Trinajstić information content (AvgIpc) is 2.62. The van der Waals surface area contributed by atoms with Crippen LogP contribution in [0.1, 0.15) is 18.9 Å². The molecule has 0 aliphatic rings. The van der Waals surface area contributed by atoms with Crippen molar-refractivity contribution < 1.29 is 14.3 Å². The van der Waals surface area contributed by atoms with E-state index in [4.69, 9.17) is 9.47 Å². The molecule has 0 heterocycles. The highest BCUT2D eigenvalue weighted by Crippen LogP contribution is 2.13. The lowest BCUT2D eigenvalue weighted by Gasteiger charge is -2.07. The molecular formula is C18H20N2O3. The third-order valence-electron chi connectivity index (χ3n) is 3.19. The highest BCUT2D eigenvalue weighted by Gasteiger charge is 2.05. The molecule has 2 rings (SSSR count). The van der Waals surface area contributed by atoms with Crippen LogP contribution in [0.3, 0.4) is 0 Å². The Bertz CT molecular complexity index is 652. The lowest BCUT2D eigenvalue weighted by Crippen LogP contribution is -2.26. The van der Waals surface area contributed by atoms with Crippen LogP contribution < -0.4 is 14.9 Å². The van der Waals surface area contributed by atoms with Gasteiger partial charge in [0.2, 0.25) is 0 Å². The van der Waals surface area contributed by atoms with Crippen molar-refractivity contribution in [1.29, 1.82) is 0 Å². The molecule has 0 aromatic heterocycles. The fraction of sp³-hybridized carbons (Fsp3) is 0.222. The molecule has 0 aliphatic carbocycles. The topological polar surface area (TPSA) is 59.9 Å². The second-order valence-corrected chi connectivity index (χ2v) is 4.78. The Kier molecular flexibility index (Phi) is 6.17. The summed E-state index contributed by atoms with van der Waals surface area (Å²) in [6, 6.07) is 16.7. The minimum atomic E-state index is -0.298. The Morgan fingerprint density at radius 2 is 1.74 bits per heavy atom. The Morgan fingerprint density at radius 1 is 1.04 bits per heavy atom. The number of ether oxygens (including phenoxy) is 2. The predicted octanol–water partition coefficient (Wildman–Crippen LogP) is 3.00. The quantitative estimate of drug-likeness (QED) is 0.631. The van der Waals surface area contributed by atoms with E-state index in [-0.39, 0.29) is 12.5 Å². The highest BCUT2D eigenvalue weighted by atomic mass is 16.5. The summed E-state index contributed by atoms with van der Waals surface area (Å²) in [5.74, 6) is 1.13. The molecule has 0 atom stereocenters. The van der Waals surface area contributed by atoms with Crippen molar-refractivity contribution in [2.24, 2.45) is 5.10 Å². The van der Waals surface area contributed by atoms with Crippen molar-refractivity contribution in [3.05, 3.63) is 60.2 Å². The SMILES string of the molecule is CCC(=NNC(=O)COc1ccccc1)c1ccc(OC)cc1. The lowest BCUT2D eigenvalue weighted by atomic mass is 10.1. The molecule has 5 nitrogen and oxygen atoms in total. The van der Waals surface area contributed by atoms with E-state index >= 15 is 0 Å². The van der Waals surface area contributed by atoms with E-state index in [1.54, 1.807) is 19.2 Å². The molecule has 2 aromatic carbocycles. The van der Waals surface area contributed by atoms with Crippen LogP contribution in [0.4, 0.5) is 0 Å². The number of methoxy groups -OCH3 is 1. The second kappa shape index (κ2) is 8.58. The molecule has 120 valence electrons. The van der Waals surface area contributed by atoms with Gasteiger partial charge in [0.25, 0.3) is 5.91 Å². The van der Waals surface area contributed by atoms with Crippen LogP contribution in [0.2, 0.25) is 0 Å². The summed E-state index contributed by atoms with van der Waals surface area (Å²) < 4.78 is 10.5. The summed E-state index contributed by atoms with van der Waals surface area (Å²) in [7, 11) is 1.62. The third kappa shape index (κ3) is 5.14. The molecule has 0 spiro atoms. The van der Waals surface area contributed by atoms with E-state index in [1.807, 2.05) is 49.4 Å². The molecular weight excluding hydrogens is 292 g/mol. The third-order valence-corrected chi connectivity index (χ3v) is 3.19. The molecule has 0 fully saturated rings. The zero-order chi connectivity index (χ0) is 16.5. The van der Waals surface area contributed by atoms with Gasteiger partial charge in [0.15, 0.2) is 6.61 Å². The zero-order valence-electron chi connectivity index (χ0n) is 13.3. The first-order chi connectivity index (χ1) is 11.2. The number of hydrogen-bond acceptors (Lipinski definition) is 4. The Labute approximate surface area is 135 Å². The normalized spacial score (nSPS) is 11.0. The van der Waals surface area contributed by atoms with Gasteiger partial charge in [-0.15, -0.1) is 0 Å². The minimum absolute atomic E-state index is 0.0763. The van der Waals surface area contributed by atoms with Crippen LogP contribution >= 0.6 is 0 Å². The number of nitrogens with one attached hydrogen (secondary N) is 1. The molecule has 0 saturated carbocycles. The summed E-state index contributed by atoms with van der Waals surface area (Å²) >= 11 is 0. The van der Waals surface area contributed by atoms with Crippen LogP contribution in [0.15, 0.2) is 59.7 Å². The molecule has 0 unspecified atom stereocenters. The highest BCUT2D eigenvalue weighted by molar-refractivity contribution is 6.01. The number of para-hydroxylation sites is 1. The van der Waals surface area contributed by atoms with Crippen molar-refractivity contribution >= 4 is 11.6 Å². The molecule has 0 radical (unpaired) electrons. The molecule has 5 heteroatoms. The van der Waals surface area contributed by atoms with Gasteiger partial charge < -0.3 is 9.47 Å². The molecule has 2 aromatic rings. The first kappa shape index (κ1) is 16.5. The van der Waals surface area contributed by atoms with Crippen LogP contribution in [0.5, 0.6) is 11.5 Å². The van der Waals surface area contributed by atoms with Gasteiger partial charge in [-0.1, -0.05) is 25.1 Å². The summed E-state index contributed by atoms with van der Waals surface area (Å²) in [5.41, 5.74) is 4.26. The molecule has 1 amide bonds. The number of hydrogen-bond donors (Lipinski definition) is 1. The monoisotopic (exact) mass is 312 g/mol. The maximum Gasteiger partial charge on any atom is 0.277 e. The number of nitrogens with zero attached hydrogens (tertiary/aromatic N) is 1. The van der Waals surface area contributed by atoms with Gasteiger partial charge in [0.1, 0.15) is 11.5 Å². The second-order valence-electron chi connectivity index (χ2n) is 4.78. The van der Waals surface area contributed by atoms with Gasteiger partial charge >= 0.3 is 0 Å². The van der Waals surface area contributed by atoms with Crippen LogP contribution in [0, 0.1) is 0 Å². The first-order valence-electron chi connectivity index (χ1n) is 7.40. The lowest BCUT2D eigenvalue weighted by molar-refractivity contribution is -0.123. The van der Waals surface area contributed by atoms with Crippen LogP contribution in [-0.4, -0.2) is 25.3 Å². The molecule has 0 aliphatic heterocycles. The summed E-state index contributed by atoms with van der Waals surface area (Å²) in [6.07, 6.45) is 0.701. The number of rotatable bonds is 7. The maximum absolute atomic E-state index is 11.8. The molecule has 0 bridgehead atoms. The van der Waals surface area contributed by atoms with Crippen molar-refractivity contribution in [1.82, 2.24) is 5.43 Å². The number of hydrazone groups is 1. The van der Waals surface area contributed by atoms with Crippen molar-refractivity contribution in [3.63, 3.8) is 0 Å². The van der Waals surface area contributed by atoms with Crippen molar-refractivity contribution in [2.75, 3.05) is 13.7 Å². The molecule has 1 N–H and O–H groups in total. The van der Waals surface area contributed by atoms with Crippen LogP contribution in [0.25, 0.3) is 0 Å². The van der Waals surface area contributed by atoms with Crippen molar-refractivity contribution in [2.45, 2.75) is 13.3 Å². The van der Waals surface area contributed by atoms with Gasteiger partial charge in [0, 0.05) is 0 Å². The van der Waals surface area contributed by atoms with E-state index in [1.165, 1.54) is 0 Å². The van der Waals surface area contributed by atoms with Gasteiger partial charge in [-0.2, -0.15) is 5.10 Å². The van der Waals surface area contributed by atoms with E-state index < -0.39 is 0 Å². The van der Waals surface area contributed by atoms with E-state index in [0.29, 0.717) is 12.2 Å². The summed E-state index contributed by atoms with van der Waals surface area (Å²) in [5, 5.41) is 4.18. The van der Waals surface area contributed by atoms with E-state index in [0.717, 1.165) is 17.0 Å². The number of carbonyl (C=O) groups excluding carboxylic acids is 1. The number of benzene rings is 2. The Balaban J connectivity index is 1.91. The summed E-state index contributed by atoms with van der Waals surface area (Å²) in [6.45, 7) is 1.91. The van der Waals surface area contributed by atoms with E-state index in [9.17, 15) is 4.79 Å². The maximum atomic E-state index is 11.8.